The minimum absolute atomic E-state index is 0.0634. The van der Waals surface area contributed by atoms with Crippen molar-refractivity contribution in [1.29, 1.82) is 0 Å². The average molecular weight is 270 g/mol. The zero-order valence-corrected chi connectivity index (χ0v) is 12.2. The van der Waals surface area contributed by atoms with Crippen molar-refractivity contribution in [3.63, 3.8) is 0 Å². The molecule has 2 rings (SSSR count). The van der Waals surface area contributed by atoms with E-state index in [-0.39, 0.29) is 5.54 Å². The smallest absolute Gasteiger partial charge is 0.318 e. The third-order valence-electron chi connectivity index (χ3n) is 2.72. The number of anilines is 1. The van der Waals surface area contributed by atoms with E-state index < -0.39 is 0 Å². The van der Waals surface area contributed by atoms with Crippen molar-refractivity contribution in [3.05, 3.63) is 5.89 Å². The molecule has 0 spiro atoms. The van der Waals surface area contributed by atoms with Gasteiger partial charge in [-0.25, -0.2) is 0 Å². The van der Waals surface area contributed by atoms with Crippen LogP contribution in [0.1, 0.15) is 33.1 Å². The molecule has 1 aromatic heterocycles. The number of hydrogen-bond acceptors (Lipinski definition) is 6. The molecule has 0 bridgehead atoms. The molecule has 0 amide bonds. The lowest BCUT2D eigenvalue weighted by atomic mass is 10.1. The number of nitrogens with zero attached hydrogens (tertiary/aromatic N) is 3. The highest BCUT2D eigenvalue weighted by Gasteiger charge is 2.17. The summed E-state index contributed by atoms with van der Waals surface area (Å²) >= 11 is 1.99. The lowest BCUT2D eigenvalue weighted by Crippen LogP contribution is -2.35. The molecule has 5 nitrogen and oxygen atoms in total. The van der Waals surface area contributed by atoms with Gasteiger partial charge in [-0.05, 0) is 32.9 Å². The predicted molar refractivity (Wildman–Crippen MR) is 75.0 cm³/mol. The zero-order chi connectivity index (χ0) is 13.0. The monoisotopic (exact) mass is 270 g/mol. The minimum atomic E-state index is 0.0634. The Morgan fingerprint density at radius 3 is 2.89 bits per heavy atom. The Balaban J connectivity index is 1.92. The molecular weight excluding hydrogens is 248 g/mol. The molecule has 1 aliphatic rings. The summed E-state index contributed by atoms with van der Waals surface area (Å²) in [6.07, 6.45) is 1.18. The van der Waals surface area contributed by atoms with Crippen molar-refractivity contribution >= 4 is 17.8 Å². The van der Waals surface area contributed by atoms with Gasteiger partial charge in [-0.2, -0.15) is 11.8 Å². The third kappa shape index (κ3) is 4.17. The number of aromatic nitrogens is 2. The zero-order valence-electron chi connectivity index (χ0n) is 11.4. The maximum atomic E-state index is 5.71. The van der Waals surface area contributed by atoms with E-state index in [1.165, 1.54) is 12.2 Å². The molecule has 18 heavy (non-hydrogen) atoms. The van der Waals surface area contributed by atoms with Gasteiger partial charge in [0, 0.05) is 24.4 Å². The topological polar surface area (TPSA) is 54.2 Å². The summed E-state index contributed by atoms with van der Waals surface area (Å²) in [5.41, 5.74) is 0.0634. The van der Waals surface area contributed by atoms with Crippen LogP contribution in [0.25, 0.3) is 0 Å². The molecule has 2 heterocycles. The van der Waals surface area contributed by atoms with Gasteiger partial charge in [-0.3, -0.25) is 0 Å². The largest absolute Gasteiger partial charge is 0.407 e. The van der Waals surface area contributed by atoms with Crippen molar-refractivity contribution in [2.24, 2.45) is 0 Å². The van der Waals surface area contributed by atoms with Crippen molar-refractivity contribution in [2.75, 3.05) is 29.5 Å². The summed E-state index contributed by atoms with van der Waals surface area (Å²) in [7, 11) is 0. The SMILES string of the molecule is CC(C)(C)NCc1nnc(N2CCCSCC2)o1. The Morgan fingerprint density at radius 1 is 1.28 bits per heavy atom. The summed E-state index contributed by atoms with van der Waals surface area (Å²) in [4.78, 5) is 2.19. The molecule has 1 aliphatic heterocycles. The molecule has 1 saturated heterocycles. The van der Waals surface area contributed by atoms with E-state index in [1.54, 1.807) is 0 Å². The standard InChI is InChI=1S/C12H22N4OS/c1-12(2,3)13-9-10-14-15-11(17-10)16-5-4-7-18-8-6-16/h13H,4-9H2,1-3H3. The van der Waals surface area contributed by atoms with E-state index in [0.29, 0.717) is 18.5 Å². The molecule has 6 heteroatoms. The number of thioether (sulfide) groups is 1. The van der Waals surface area contributed by atoms with Crippen LogP contribution in [0.2, 0.25) is 0 Å². The summed E-state index contributed by atoms with van der Waals surface area (Å²) in [6.45, 7) is 9.00. The highest BCUT2D eigenvalue weighted by Crippen LogP contribution is 2.17. The van der Waals surface area contributed by atoms with Crippen LogP contribution in [0.4, 0.5) is 6.01 Å². The minimum Gasteiger partial charge on any atom is -0.407 e. The lowest BCUT2D eigenvalue weighted by molar-refractivity contribution is 0.380. The first-order chi connectivity index (χ1) is 8.54. The second kappa shape index (κ2) is 5.93. The second-order valence-electron chi connectivity index (χ2n) is 5.53. The molecule has 1 aromatic rings. The van der Waals surface area contributed by atoms with Gasteiger partial charge in [0.05, 0.1) is 6.54 Å². The quantitative estimate of drug-likeness (QED) is 0.905. The van der Waals surface area contributed by atoms with Crippen LogP contribution < -0.4 is 10.2 Å². The molecule has 1 N–H and O–H groups in total. The predicted octanol–water partition coefficient (Wildman–Crippen LogP) is 1.90. The maximum absolute atomic E-state index is 5.71. The van der Waals surface area contributed by atoms with E-state index in [1.807, 2.05) is 11.8 Å². The van der Waals surface area contributed by atoms with Gasteiger partial charge in [0.25, 0.3) is 0 Å². The van der Waals surface area contributed by atoms with Crippen molar-refractivity contribution < 1.29 is 4.42 Å². The van der Waals surface area contributed by atoms with E-state index in [9.17, 15) is 0 Å². The Labute approximate surface area is 113 Å². The second-order valence-corrected chi connectivity index (χ2v) is 6.76. The van der Waals surface area contributed by atoms with E-state index >= 15 is 0 Å². The van der Waals surface area contributed by atoms with Gasteiger partial charge in [0.2, 0.25) is 5.89 Å². The Kier molecular flexibility index (Phi) is 4.50. The van der Waals surface area contributed by atoms with E-state index in [0.717, 1.165) is 18.8 Å². The molecule has 0 unspecified atom stereocenters. The van der Waals surface area contributed by atoms with Gasteiger partial charge in [0.15, 0.2) is 0 Å². The van der Waals surface area contributed by atoms with Gasteiger partial charge >= 0.3 is 6.01 Å². The lowest BCUT2D eigenvalue weighted by Gasteiger charge is -2.19. The molecule has 102 valence electrons. The molecule has 1 fully saturated rings. The molecule has 0 saturated carbocycles. The molecule has 0 atom stereocenters. The molecular formula is C12H22N4OS. The number of hydrogen-bond donors (Lipinski definition) is 1. The van der Waals surface area contributed by atoms with Crippen LogP contribution in [0, 0.1) is 0 Å². The van der Waals surface area contributed by atoms with Gasteiger partial charge in [-0.15, -0.1) is 5.10 Å². The Morgan fingerprint density at radius 2 is 2.11 bits per heavy atom. The van der Waals surface area contributed by atoms with E-state index in [4.69, 9.17) is 4.42 Å². The third-order valence-corrected chi connectivity index (χ3v) is 3.77. The Hall–Kier alpha value is -0.750. The fourth-order valence-corrected chi connectivity index (χ4v) is 2.61. The highest BCUT2D eigenvalue weighted by molar-refractivity contribution is 7.99. The van der Waals surface area contributed by atoms with Crippen LogP contribution in [0.3, 0.4) is 0 Å². The maximum Gasteiger partial charge on any atom is 0.318 e. The van der Waals surface area contributed by atoms with Gasteiger partial charge in [-0.1, -0.05) is 5.10 Å². The summed E-state index contributed by atoms with van der Waals surface area (Å²) < 4.78 is 5.71. The Bertz CT molecular complexity index is 366. The van der Waals surface area contributed by atoms with Crippen LogP contribution in [-0.4, -0.2) is 40.3 Å². The fourth-order valence-electron chi connectivity index (χ4n) is 1.72. The average Bonchev–Trinajstić information content (AvgIpc) is 2.60. The summed E-state index contributed by atoms with van der Waals surface area (Å²) in [5.74, 6) is 3.03. The van der Waals surface area contributed by atoms with Crippen LogP contribution >= 0.6 is 11.8 Å². The molecule has 0 aromatic carbocycles. The van der Waals surface area contributed by atoms with Crippen LogP contribution in [-0.2, 0) is 6.54 Å². The van der Waals surface area contributed by atoms with Crippen molar-refractivity contribution in [2.45, 2.75) is 39.3 Å². The van der Waals surface area contributed by atoms with Gasteiger partial charge < -0.3 is 14.6 Å². The van der Waals surface area contributed by atoms with Crippen molar-refractivity contribution in [3.8, 4) is 0 Å². The molecule has 0 radical (unpaired) electrons. The fraction of sp³-hybridized carbons (Fsp3) is 0.833. The van der Waals surface area contributed by atoms with E-state index in [2.05, 4.69) is 41.2 Å². The normalized spacial score (nSPS) is 17.8. The first-order valence-corrected chi connectivity index (χ1v) is 7.60. The number of nitrogens with one attached hydrogen (secondary N) is 1. The highest BCUT2D eigenvalue weighted by atomic mass is 32.2. The first-order valence-electron chi connectivity index (χ1n) is 6.45. The summed E-state index contributed by atoms with van der Waals surface area (Å²) in [5, 5.41) is 11.6. The van der Waals surface area contributed by atoms with Crippen molar-refractivity contribution in [1.82, 2.24) is 15.5 Å². The van der Waals surface area contributed by atoms with Crippen LogP contribution in [0.15, 0.2) is 4.42 Å². The summed E-state index contributed by atoms with van der Waals surface area (Å²) in [6, 6.07) is 0.670. The first kappa shape index (κ1) is 13.7. The number of rotatable bonds is 3. The van der Waals surface area contributed by atoms with Crippen LogP contribution in [0.5, 0.6) is 0 Å². The van der Waals surface area contributed by atoms with Gasteiger partial charge in [0.1, 0.15) is 0 Å². The molecule has 0 aliphatic carbocycles.